The highest BCUT2D eigenvalue weighted by Gasteiger charge is 2.09. The monoisotopic (exact) mass is 305 g/mol. The molecule has 3 nitrogen and oxygen atoms in total. The van der Waals surface area contributed by atoms with E-state index < -0.39 is 0 Å². The van der Waals surface area contributed by atoms with Gasteiger partial charge in [-0.2, -0.15) is 0 Å². The number of halogens is 1. The van der Waals surface area contributed by atoms with E-state index in [4.69, 9.17) is 0 Å². The molecule has 0 heterocycles. The van der Waals surface area contributed by atoms with Crippen molar-refractivity contribution in [3.05, 3.63) is 39.9 Å². The van der Waals surface area contributed by atoms with Gasteiger partial charge in [0.15, 0.2) is 0 Å². The zero-order chi connectivity index (χ0) is 14.3. The third kappa shape index (κ3) is 10.00. The van der Waals surface area contributed by atoms with Crippen LogP contribution in [-0.4, -0.2) is 4.92 Å². The number of nitro benzene ring substituents is 1. The predicted octanol–water partition coefficient (Wildman–Crippen LogP) is 5.57. The first kappa shape index (κ1) is 21.4. The average Bonchev–Trinajstić information content (AvgIpc) is 2.45. The molecule has 0 saturated heterocycles. The third-order valence-corrected chi connectivity index (χ3v) is 1.94. The molecule has 0 bridgehead atoms. The van der Waals surface area contributed by atoms with Crippen LogP contribution in [-0.2, 0) is 5.33 Å². The van der Waals surface area contributed by atoms with Crippen molar-refractivity contribution >= 4 is 21.6 Å². The molecule has 17 heavy (non-hydrogen) atoms. The number of hydrogen-bond acceptors (Lipinski definition) is 2. The van der Waals surface area contributed by atoms with Gasteiger partial charge in [-0.15, -0.1) is 0 Å². The zero-order valence-corrected chi connectivity index (χ0v) is 13.2. The fourth-order valence-corrected chi connectivity index (χ4v) is 1.28. The van der Waals surface area contributed by atoms with Gasteiger partial charge in [-0.3, -0.25) is 10.1 Å². The average molecular weight is 306 g/mol. The number of rotatable bonds is 2. The second-order valence-electron chi connectivity index (χ2n) is 2.02. The molecule has 0 unspecified atom stereocenters. The first-order valence-electron chi connectivity index (χ1n) is 6.04. The maximum atomic E-state index is 10.4. The van der Waals surface area contributed by atoms with Crippen LogP contribution in [0.25, 0.3) is 0 Å². The van der Waals surface area contributed by atoms with Crippen molar-refractivity contribution < 1.29 is 4.92 Å². The van der Waals surface area contributed by atoms with Crippen LogP contribution < -0.4 is 0 Å². The van der Waals surface area contributed by atoms with E-state index in [1.807, 2.05) is 41.5 Å². The number of benzene rings is 1. The van der Waals surface area contributed by atoms with Gasteiger partial charge in [0.25, 0.3) is 5.69 Å². The summed E-state index contributed by atoms with van der Waals surface area (Å²) < 4.78 is 0. The summed E-state index contributed by atoms with van der Waals surface area (Å²) in [6.45, 7) is 12.0. The number of nitro groups is 1. The highest BCUT2D eigenvalue weighted by atomic mass is 79.9. The van der Waals surface area contributed by atoms with E-state index in [1.165, 1.54) is 6.07 Å². The summed E-state index contributed by atoms with van der Waals surface area (Å²) in [5, 5.41) is 10.9. The first-order valence-corrected chi connectivity index (χ1v) is 7.16. The fourth-order valence-electron chi connectivity index (χ4n) is 0.802. The minimum Gasteiger partial charge on any atom is -0.258 e. The van der Waals surface area contributed by atoms with Crippen molar-refractivity contribution in [2.75, 3.05) is 0 Å². The highest BCUT2D eigenvalue weighted by Crippen LogP contribution is 2.19. The first-order chi connectivity index (χ1) is 8.25. The molecule has 0 fully saturated rings. The van der Waals surface area contributed by atoms with Gasteiger partial charge in [0.2, 0.25) is 0 Å². The van der Waals surface area contributed by atoms with Crippen LogP contribution >= 0.6 is 15.9 Å². The van der Waals surface area contributed by atoms with Crippen LogP contribution in [0.4, 0.5) is 5.69 Å². The van der Waals surface area contributed by atoms with E-state index in [1.54, 1.807) is 18.2 Å². The third-order valence-electron chi connectivity index (χ3n) is 1.33. The van der Waals surface area contributed by atoms with Gasteiger partial charge >= 0.3 is 0 Å². The minimum absolute atomic E-state index is 0.171. The lowest BCUT2D eigenvalue weighted by molar-refractivity contribution is -0.385. The second-order valence-corrected chi connectivity index (χ2v) is 2.58. The van der Waals surface area contributed by atoms with Crippen LogP contribution in [0.2, 0.25) is 0 Å². The quantitative estimate of drug-likeness (QED) is 0.407. The maximum Gasteiger partial charge on any atom is 0.273 e. The standard InChI is InChI=1S/C7H6BrNO2.3C2H6/c8-5-6-3-1-2-4-7(6)9(10)11;3*1-2/h1-4H,5H2;3*1-2H3. The van der Waals surface area contributed by atoms with Crippen molar-refractivity contribution in [2.24, 2.45) is 0 Å². The molecule has 0 aliphatic carbocycles. The predicted molar refractivity (Wildman–Crippen MR) is 79.8 cm³/mol. The van der Waals surface area contributed by atoms with Crippen LogP contribution in [0.5, 0.6) is 0 Å². The summed E-state index contributed by atoms with van der Waals surface area (Å²) >= 11 is 3.17. The van der Waals surface area contributed by atoms with Crippen molar-refractivity contribution in [2.45, 2.75) is 46.9 Å². The van der Waals surface area contributed by atoms with Gasteiger partial charge in [-0.1, -0.05) is 75.7 Å². The van der Waals surface area contributed by atoms with Gasteiger partial charge in [-0.05, 0) is 0 Å². The molecule has 1 aromatic carbocycles. The Morgan fingerprint density at radius 2 is 1.47 bits per heavy atom. The number of nitrogens with zero attached hydrogens (tertiary/aromatic N) is 1. The number of para-hydroxylation sites is 1. The van der Waals surface area contributed by atoms with E-state index in [0.717, 1.165) is 0 Å². The Hall–Kier alpha value is -0.900. The molecule has 0 spiro atoms. The molecule has 0 aromatic heterocycles. The Bertz CT molecular complexity index is 278. The molecule has 0 amide bonds. The number of alkyl halides is 1. The van der Waals surface area contributed by atoms with Crippen LogP contribution in [0, 0.1) is 10.1 Å². The molecule has 0 aliphatic heterocycles. The molecule has 0 radical (unpaired) electrons. The van der Waals surface area contributed by atoms with Crippen molar-refractivity contribution in [1.29, 1.82) is 0 Å². The van der Waals surface area contributed by atoms with E-state index in [0.29, 0.717) is 10.9 Å². The largest absolute Gasteiger partial charge is 0.273 e. The Morgan fingerprint density at radius 1 is 1.06 bits per heavy atom. The van der Waals surface area contributed by atoms with Crippen LogP contribution in [0.1, 0.15) is 47.1 Å². The maximum absolute atomic E-state index is 10.4. The van der Waals surface area contributed by atoms with Gasteiger partial charge in [0.1, 0.15) is 0 Å². The lowest BCUT2D eigenvalue weighted by Crippen LogP contribution is -1.91. The lowest BCUT2D eigenvalue weighted by atomic mass is 10.2. The molecule has 100 valence electrons. The smallest absolute Gasteiger partial charge is 0.258 e. The summed E-state index contributed by atoms with van der Waals surface area (Å²) in [6.07, 6.45) is 0. The molecular weight excluding hydrogens is 282 g/mol. The summed E-state index contributed by atoms with van der Waals surface area (Å²) in [7, 11) is 0. The van der Waals surface area contributed by atoms with E-state index >= 15 is 0 Å². The zero-order valence-electron chi connectivity index (χ0n) is 11.7. The van der Waals surface area contributed by atoms with Gasteiger partial charge in [0, 0.05) is 17.0 Å². The minimum atomic E-state index is -0.378. The normalized spacial score (nSPS) is 7.24. The molecule has 0 atom stereocenters. The molecule has 1 aromatic rings. The Kier molecular flexibility index (Phi) is 22.0. The highest BCUT2D eigenvalue weighted by molar-refractivity contribution is 9.08. The summed E-state index contributed by atoms with van der Waals surface area (Å²) in [4.78, 5) is 9.99. The van der Waals surface area contributed by atoms with E-state index in [2.05, 4.69) is 15.9 Å². The molecule has 0 aliphatic rings. The van der Waals surface area contributed by atoms with Gasteiger partial charge < -0.3 is 0 Å². The van der Waals surface area contributed by atoms with E-state index in [9.17, 15) is 10.1 Å². The SMILES string of the molecule is CC.CC.CC.O=[N+]([O-])c1ccccc1CBr. The molecule has 0 saturated carbocycles. The molecule has 1 rings (SSSR count). The van der Waals surface area contributed by atoms with Crippen molar-refractivity contribution in [1.82, 2.24) is 0 Å². The number of hydrogen-bond donors (Lipinski definition) is 0. The second kappa shape index (κ2) is 17.5. The lowest BCUT2D eigenvalue weighted by Gasteiger charge is -1.95. The van der Waals surface area contributed by atoms with E-state index in [-0.39, 0.29) is 10.6 Å². The van der Waals surface area contributed by atoms with Gasteiger partial charge in [0.05, 0.1) is 4.92 Å². The molecule has 0 N–H and O–H groups in total. The molecule has 4 heteroatoms. The Balaban J connectivity index is -0.000000285. The van der Waals surface area contributed by atoms with Crippen LogP contribution in [0.3, 0.4) is 0 Å². The molecular formula is C13H24BrNO2. The van der Waals surface area contributed by atoms with Crippen molar-refractivity contribution in [3.63, 3.8) is 0 Å². The topological polar surface area (TPSA) is 43.1 Å². The summed E-state index contributed by atoms with van der Waals surface area (Å²) in [5.74, 6) is 0. The fraction of sp³-hybridized carbons (Fsp3) is 0.538. The Labute approximate surface area is 114 Å². The van der Waals surface area contributed by atoms with Crippen LogP contribution in [0.15, 0.2) is 24.3 Å². The Morgan fingerprint density at radius 3 is 1.76 bits per heavy atom. The summed E-state index contributed by atoms with van der Waals surface area (Å²) in [6, 6.07) is 6.66. The van der Waals surface area contributed by atoms with Crippen molar-refractivity contribution in [3.8, 4) is 0 Å². The summed E-state index contributed by atoms with van der Waals surface area (Å²) in [5.41, 5.74) is 0.877. The van der Waals surface area contributed by atoms with Gasteiger partial charge in [-0.25, -0.2) is 0 Å².